The van der Waals surface area contributed by atoms with Gasteiger partial charge in [0.05, 0.1) is 6.04 Å². The fraction of sp³-hybridized carbons (Fsp3) is 0.556. The van der Waals surface area contributed by atoms with Crippen molar-refractivity contribution in [2.75, 3.05) is 18.4 Å². The molecule has 8 heteroatoms. The Kier molecular flexibility index (Phi) is 5.11. The Balaban J connectivity index is 1.82. The van der Waals surface area contributed by atoms with Crippen molar-refractivity contribution in [1.29, 1.82) is 0 Å². The van der Waals surface area contributed by atoms with Crippen molar-refractivity contribution in [3.8, 4) is 11.4 Å². The van der Waals surface area contributed by atoms with E-state index in [1.54, 1.807) is 17.3 Å². The highest BCUT2D eigenvalue weighted by molar-refractivity contribution is 5.70. The van der Waals surface area contributed by atoms with Gasteiger partial charge in [0, 0.05) is 31.5 Å². The number of carbonyl (C=O) groups excluding carboxylic acids is 1. The van der Waals surface area contributed by atoms with Crippen molar-refractivity contribution < 1.29 is 14.1 Å². The van der Waals surface area contributed by atoms with E-state index in [1.807, 2.05) is 33.8 Å². The Hall–Kier alpha value is -2.64. The molecule has 3 rings (SSSR count). The van der Waals surface area contributed by atoms with Gasteiger partial charge in [-0.3, -0.25) is 4.90 Å². The number of aromatic nitrogens is 3. The van der Waals surface area contributed by atoms with Crippen LogP contribution in [0.15, 0.2) is 23.0 Å². The van der Waals surface area contributed by atoms with Crippen LogP contribution in [0.5, 0.6) is 0 Å². The maximum absolute atomic E-state index is 12.5. The number of nitrogens with zero attached hydrogens (tertiary/aromatic N) is 4. The molecule has 8 nitrogen and oxygen atoms in total. The summed E-state index contributed by atoms with van der Waals surface area (Å²) in [5.74, 6) is 1.29. The van der Waals surface area contributed by atoms with Gasteiger partial charge >= 0.3 is 6.09 Å². The fourth-order valence-electron chi connectivity index (χ4n) is 2.98. The van der Waals surface area contributed by atoms with Crippen LogP contribution in [-0.2, 0) is 4.74 Å². The maximum Gasteiger partial charge on any atom is 0.410 e. The Labute approximate surface area is 152 Å². The van der Waals surface area contributed by atoms with E-state index in [2.05, 4.69) is 20.4 Å². The molecule has 26 heavy (non-hydrogen) atoms. The Morgan fingerprint density at radius 1 is 1.38 bits per heavy atom. The number of nitrogens with one attached hydrogen (secondary N) is 1. The molecule has 0 bridgehead atoms. The van der Waals surface area contributed by atoms with E-state index in [-0.39, 0.29) is 12.1 Å². The summed E-state index contributed by atoms with van der Waals surface area (Å²) < 4.78 is 11.1. The minimum atomic E-state index is -0.531. The summed E-state index contributed by atoms with van der Waals surface area (Å²) in [5.41, 5.74) is 0.697. The highest BCUT2D eigenvalue weighted by Crippen LogP contribution is 2.35. The summed E-state index contributed by atoms with van der Waals surface area (Å²) in [7, 11) is 0. The average Bonchev–Trinajstić information content (AvgIpc) is 3.23. The average molecular weight is 359 g/mol. The molecule has 1 N–H and O–H groups in total. The van der Waals surface area contributed by atoms with Crippen LogP contribution in [0.4, 0.5) is 10.6 Å². The molecule has 1 saturated heterocycles. The molecule has 1 amide bonds. The predicted molar refractivity (Wildman–Crippen MR) is 96.6 cm³/mol. The van der Waals surface area contributed by atoms with Crippen molar-refractivity contribution in [2.45, 2.75) is 52.2 Å². The molecule has 140 valence electrons. The van der Waals surface area contributed by atoms with Crippen LogP contribution in [0.1, 0.15) is 52.3 Å². The van der Waals surface area contributed by atoms with Gasteiger partial charge in [-0.1, -0.05) is 5.16 Å². The lowest BCUT2D eigenvalue weighted by molar-refractivity contribution is 0.0204. The third-order valence-electron chi connectivity index (χ3n) is 4.02. The van der Waals surface area contributed by atoms with Gasteiger partial charge in [-0.05, 0) is 40.5 Å². The molecule has 2 aromatic heterocycles. The Morgan fingerprint density at radius 2 is 2.15 bits per heavy atom. The first-order valence-electron chi connectivity index (χ1n) is 8.90. The van der Waals surface area contributed by atoms with Gasteiger partial charge in [0.2, 0.25) is 0 Å². The molecule has 3 heterocycles. The Bertz CT molecular complexity index is 768. The first kappa shape index (κ1) is 18.2. The minimum absolute atomic E-state index is 0.176. The third kappa shape index (κ3) is 3.95. The molecule has 1 fully saturated rings. The van der Waals surface area contributed by atoms with Crippen molar-refractivity contribution in [3.05, 3.63) is 24.2 Å². The molecular formula is C18H25N5O3. The second-order valence-electron chi connectivity index (χ2n) is 7.23. The SMILES string of the molecule is CCNc1nccnc1-c1cc([C@@H]2CCCN2C(=O)OC(C)(C)C)on1. The third-order valence-corrected chi connectivity index (χ3v) is 4.02. The van der Waals surface area contributed by atoms with Crippen LogP contribution in [0.3, 0.4) is 0 Å². The van der Waals surface area contributed by atoms with Crippen LogP contribution in [0, 0.1) is 0 Å². The molecule has 0 aromatic carbocycles. The first-order valence-corrected chi connectivity index (χ1v) is 8.90. The smallest absolute Gasteiger partial charge is 0.410 e. The van der Waals surface area contributed by atoms with Gasteiger partial charge in [-0.25, -0.2) is 14.8 Å². The summed E-state index contributed by atoms with van der Waals surface area (Å²) in [6.45, 7) is 8.94. The fourth-order valence-corrected chi connectivity index (χ4v) is 2.98. The van der Waals surface area contributed by atoms with Gasteiger partial charge < -0.3 is 14.6 Å². The van der Waals surface area contributed by atoms with Gasteiger partial charge in [0.25, 0.3) is 0 Å². The van der Waals surface area contributed by atoms with Crippen LogP contribution in [0.2, 0.25) is 0 Å². The van der Waals surface area contributed by atoms with E-state index in [1.165, 1.54) is 0 Å². The van der Waals surface area contributed by atoms with E-state index in [0.29, 0.717) is 29.5 Å². The molecule has 1 aliphatic heterocycles. The van der Waals surface area contributed by atoms with Crippen LogP contribution >= 0.6 is 0 Å². The summed E-state index contributed by atoms with van der Waals surface area (Å²) >= 11 is 0. The summed E-state index contributed by atoms with van der Waals surface area (Å²) in [5, 5.41) is 7.31. The lowest BCUT2D eigenvalue weighted by Gasteiger charge is -2.27. The molecule has 1 aliphatic rings. The number of likely N-dealkylation sites (tertiary alicyclic amines) is 1. The summed E-state index contributed by atoms with van der Waals surface area (Å²) in [6, 6.07) is 1.66. The van der Waals surface area contributed by atoms with Crippen molar-refractivity contribution in [2.24, 2.45) is 0 Å². The standard InChI is InChI=1S/C18H25N5O3/c1-5-19-16-15(20-8-9-21-16)12-11-14(26-22-12)13-7-6-10-23(13)17(24)25-18(2,3)4/h8-9,11,13H,5-7,10H2,1-4H3,(H,19,21)/t13-/m0/s1. The number of anilines is 1. The molecule has 0 saturated carbocycles. The highest BCUT2D eigenvalue weighted by atomic mass is 16.6. The van der Waals surface area contributed by atoms with Gasteiger partial charge in [-0.15, -0.1) is 0 Å². The van der Waals surface area contributed by atoms with E-state index in [0.717, 1.165) is 19.4 Å². The molecular weight excluding hydrogens is 334 g/mol. The lowest BCUT2D eigenvalue weighted by Crippen LogP contribution is -2.36. The molecule has 0 spiro atoms. The van der Waals surface area contributed by atoms with E-state index in [4.69, 9.17) is 9.26 Å². The van der Waals surface area contributed by atoms with Gasteiger partial charge in [0.1, 0.15) is 17.0 Å². The van der Waals surface area contributed by atoms with Crippen molar-refractivity contribution >= 4 is 11.9 Å². The number of hydrogen-bond acceptors (Lipinski definition) is 7. The molecule has 0 radical (unpaired) electrons. The van der Waals surface area contributed by atoms with E-state index in [9.17, 15) is 4.79 Å². The van der Waals surface area contributed by atoms with E-state index >= 15 is 0 Å². The minimum Gasteiger partial charge on any atom is -0.444 e. The predicted octanol–water partition coefficient (Wildman–Crippen LogP) is 3.64. The van der Waals surface area contributed by atoms with Crippen molar-refractivity contribution in [3.63, 3.8) is 0 Å². The zero-order valence-electron chi connectivity index (χ0n) is 15.7. The molecule has 0 aliphatic carbocycles. The van der Waals surface area contributed by atoms with Gasteiger partial charge in [-0.2, -0.15) is 0 Å². The molecule has 0 unspecified atom stereocenters. The second-order valence-corrected chi connectivity index (χ2v) is 7.23. The van der Waals surface area contributed by atoms with Crippen molar-refractivity contribution in [1.82, 2.24) is 20.0 Å². The zero-order chi connectivity index (χ0) is 18.7. The Morgan fingerprint density at radius 3 is 2.88 bits per heavy atom. The van der Waals surface area contributed by atoms with Crippen LogP contribution < -0.4 is 5.32 Å². The lowest BCUT2D eigenvalue weighted by atomic mass is 10.1. The quantitative estimate of drug-likeness (QED) is 0.890. The monoisotopic (exact) mass is 359 g/mol. The number of hydrogen-bond donors (Lipinski definition) is 1. The van der Waals surface area contributed by atoms with Crippen LogP contribution in [-0.4, -0.2) is 44.8 Å². The number of rotatable bonds is 4. The molecule has 1 atom stereocenters. The summed E-state index contributed by atoms with van der Waals surface area (Å²) in [6.07, 6.45) is 4.63. The second kappa shape index (κ2) is 7.31. The largest absolute Gasteiger partial charge is 0.444 e. The summed E-state index contributed by atoms with van der Waals surface area (Å²) in [4.78, 5) is 22.8. The van der Waals surface area contributed by atoms with Crippen LogP contribution in [0.25, 0.3) is 11.4 Å². The topological polar surface area (TPSA) is 93.4 Å². The highest BCUT2D eigenvalue weighted by Gasteiger charge is 2.35. The maximum atomic E-state index is 12.5. The zero-order valence-corrected chi connectivity index (χ0v) is 15.7. The number of ether oxygens (including phenoxy) is 1. The first-order chi connectivity index (χ1) is 12.4. The normalized spacial score (nSPS) is 17.4. The number of amides is 1. The van der Waals surface area contributed by atoms with E-state index < -0.39 is 5.60 Å². The molecule has 2 aromatic rings. The number of carbonyl (C=O) groups is 1. The van der Waals surface area contributed by atoms with Gasteiger partial charge in [0.15, 0.2) is 11.6 Å².